The molecule has 6 heteroatoms. The largest absolute Gasteiger partial charge is 0.370 e. The number of benzene rings is 1. The molecular formula is C19H22N4O2. The van der Waals surface area contributed by atoms with Crippen LogP contribution in [-0.2, 0) is 6.42 Å². The van der Waals surface area contributed by atoms with Crippen molar-refractivity contribution in [2.45, 2.75) is 31.6 Å². The molecule has 1 amide bonds. The Balaban J connectivity index is 1.36. The Labute approximate surface area is 146 Å². The lowest BCUT2D eigenvalue weighted by atomic mass is 10.0. The molecule has 1 aliphatic carbocycles. The van der Waals surface area contributed by atoms with Gasteiger partial charge >= 0.3 is 0 Å². The van der Waals surface area contributed by atoms with Gasteiger partial charge in [-0.3, -0.25) is 9.59 Å². The number of nitrogens with one attached hydrogen (secondary N) is 2. The van der Waals surface area contributed by atoms with Crippen molar-refractivity contribution < 1.29 is 4.79 Å². The van der Waals surface area contributed by atoms with Crippen LogP contribution in [0.3, 0.4) is 0 Å². The van der Waals surface area contributed by atoms with Crippen LogP contribution in [0.1, 0.15) is 46.9 Å². The summed E-state index contributed by atoms with van der Waals surface area (Å²) >= 11 is 0. The van der Waals surface area contributed by atoms with E-state index in [1.165, 1.54) is 17.4 Å². The Morgan fingerprint density at radius 3 is 2.96 bits per heavy atom. The van der Waals surface area contributed by atoms with Gasteiger partial charge in [0.25, 0.3) is 11.5 Å². The minimum Gasteiger partial charge on any atom is -0.370 e. The fraction of sp³-hybridized carbons (Fsp3) is 0.421. The Kier molecular flexibility index (Phi) is 4.26. The third-order valence-corrected chi connectivity index (χ3v) is 4.90. The maximum Gasteiger partial charge on any atom is 0.263 e. The van der Waals surface area contributed by atoms with Gasteiger partial charge in [0.05, 0.1) is 0 Å². The monoisotopic (exact) mass is 338 g/mol. The molecule has 2 aliphatic rings. The maximum absolute atomic E-state index is 12.3. The van der Waals surface area contributed by atoms with E-state index in [4.69, 9.17) is 0 Å². The average molecular weight is 338 g/mol. The predicted molar refractivity (Wildman–Crippen MR) is 96.1 cm³/mol. The first-order chi connectivity index (χ1) is 12.2. The summed E-state index contributed by atoms with van der Waals surface area (Å²) in [4.78, 5) is 33.6. The molecule has 0 spiro atoms. The number of hydrogen-bond acceptors (Lipinski definition) is 4. The maximum atomic E-state index is 12.3. The molecule has 1 aliphatic heterocycles. The molecule has 2 aromatic rings. The fourth-order valence-corrected chi connectivity index (χ4v) is 3.38. The zero-order valence-electron chi connectivity index (χ0n) is 14.1. The smallest absolute Gasteiger partial charge is 0.263 e. The first kappa shape index (κ1) is 15.9. The minimum atomic E-state index is -0.360. The van der Waals surface area contributed by atoms with Crippen molar-refractivity contribution in [1.29, 1.82) is 0 Å². The number of carbonyl (C=O) groups excluding carboxylic acids is 1. The Morgan fingerprint density at radius 1 is 1.32 bits per heavy atom. The van der Waals surface area contributed by atoms with E-state index in [2.05, 4.69) is 38.4 Å². The summed E-state index contributed by atoms with van der Waals surface area (Å²) in [6, 6.07) is 8.39. The molecule has 130 valence electrons. The minimum absolute atomic E-state index is 0.0865. The summed E-state index contributed by atoms with van der Waals surface area (Å²) in [6.45, 7) is 2.22. The van der Waals surface area contributed by atoms with Crippen LogP contribution in [0.15, 0.2) is 35.3 Å². The molecule has 2 heterocycles. The number of H-pyrrole nitrogens is 1. The molecule has 0 atom stereocenters. The number of fused-ring (bicyclic) bond motifs is 1. The van der Waals surface area contributed by atoms with Gasteiger partial charge in [-0.15, -0.1) is 0 Å². The number of aromatic amines is 1. The van der Waals surface area contributed by atoms with E-state index in [9.17, 15) is 9.59 Å². The number of nitrogens with zero attached hydrogens (tertiary/aromatic N) is 2. The molecule has 1 fully saturated rings. The molecular weight excluding hydrogens is 316 g/mol. The van der Waals surface area contributed by atoms with Crippen molar-refractivity contribution >= 4 is 11.6 Å². The normalized spacial score (nSPS) is 16.4. The predicted octanol–water partition coefficient (Wildman–Crippen LogP) is 1.83. The highest BCUT2D eigenvalue weighted by Crippen LogP contribution is 2.37. The number of para-hydroxylation sites is 1. The van der Waals surface area contributed by atoms with Crippen LogP contribution in [-0.4, -0.2) is 35.5 Å². The highest BCUT2D eigenvalue weighted by atomic mass is 16.2. The molecule has 2 N–H and O–H groups in total. The van der Waals surface area contributed by atoms with Crippen molar-refractivity contribution in [3.63, 3.8) is 0 Å². The zero-order valence-corrected chi connectivity index (χ0v) is 14.1. The second kappa shape index (κ2) is 6.70. The number of rotatable bonds is 5. The molecule has 0 unspecified atom stereocenters. The van der Waals surface area contributed by atoms with Gasteiger partial charge in [0.1, 0.15) is 11.4 Å². The number of carbonyl (C=O) groups is 1. The standard InChI is InChI=1S/C19H22N4O2/c24-18(15-12-21-17(14-7-8-14)22-19(15)25)20-9-11-23-10-3-5-13-4-1-2-6-16(13)23/h1-2,4,6,12,14H,3,5,7-11H2,(H,20,24)(H,21,22,25). The quantitative estimate of drug-likeness (QED) is 0.872. The zero-order chi connectivity index (χ0) is 17.2. The lowest BCUT2D eigenvalue weighted by Crippen LogP contribution is -2.39. The van der Waals surface area contributed by atoms with Crippen LogP contribution < -0.4 is 15.8 Å². The van der Waals surface area contributed by atoms with Crippen molar-refractivity contribution in [2.75, 3.05) is 24.5 Å². The summed E-state index contributed by atoms with van der Waals surface area (Å²) in [6.07, 6.45) is 5.75. The van der Waals surface area contributed by atoms with Crippen molar-refractivity contribution in [3.8, 4) is 0 Å². The lowest BCUT2D eigenvalue weighted by Gasteiger charge is -2.31. The van der Waals surface area contributed by atoms with E-state index in [0.717, 1.165) is 38.8 Å². The Hall–Kier alpha value is -2.63. The van der Waals surface area contributed by atoms with Gasteiger partial charge in [0.15, 0.2) is 0 Å². The first-order valence-electron chi connectivity index (χ1n) is 8.92. The summed E-state index contributed by atoms with van der Waals surface area (Å²) in [7, 11) is 0. The fourth-order valence-electron chi connectivity index (χ4n) is 3.38. The van der Waals surface area contributed by atoms with Gasteiger partial charge in [0, 0.05) is 37.4 Å². The molecule has 0 saturated heterocycles. The highest BCUT2D eigenvalue weighted by Gasteiger charge is 2.26. The van der Waals surface area contributed by atoms with Gasteiger partial charge in [0.2, 0.25) is 0 Å². The lowest BCUT2D eigenvalue weighted by molar-refractivity contribution is 0.0952. The van der Waals surface area contributed by atoms with Crippen LogP contribution in [0.4, 0.5) is 5.69 Å². The molecule has 0 radical (unpaired) electrons. The SMILES string of the molecule is O=C(NCCN1CCCc2ccccc21)c1cnc(C2CC2)[nH]c1=O. The molecule has 6 nitrogen and oxygen atoms in total. The van der Waals surface area contributed by atoms with E-state index < -0.39 is 0 Å². The van der Waals surface area contributed by atoms with Gasteiger partial charge in [-0.1, -0.05) is 18.2 Å². The van der Waals surface area contributed by atoms with Crippen molar-refractivity contribution in [3.05, 3.63) is 57.8 Å². The summed E-state index contributed by atoms with van der Waals surface area (Å²) in [5, 5.41) is 2.84. The summed E-state index contributed by atoms with van der Waals surface area (Å²) in [5.41, 5.74) is 2.34. The number of hydrogen-bond donors (Lipinski definition) is 2. The van der Waals surface area contributed by atoms with Crippen molar-refractivity contribution in [2.24, 2.45) is 0 Å². The number of aromatic nitrogens is 2. The number of amides is 1. The van der Waals surface area contributed by atoms with E-state index >= 15 is 0 Å². The third-order valence-electron chi connectivity index (χ3n) is 4.90. The van der Waals surface area contributed by atoms with Gasteiger partial charge in [-0.05, 0) is 37.3 Å². The Morgan fingerprint density at radius 2 is 2.16 bits per heavy atom. The van der Waals surface area contributed by atoms with Crippen molar-refractivity contribution in [1.82, 2.24) is 15.3 Å². The van der Waals surface area contributed by atoms with E-state index in [1.807, 2.05) is 6.07 Å². The first-order valence-corrected chi connectivity index (χ1v) is 8.92. The van der Waals surface area contributed by atoms with Crippen LogP contribution in [0.25, 0.3) is 0 Å². The van der Waals surface area contributed by atoms with Gasteiger partial charge in [-0.25, -0.2) is 4.98 Å². The highest BCUT2D eigenvalue weighted by molar-refractivity contribution is 5.93. The molecule has 1 aromatic heterocycles. The third kappa shape index (κ3) is 3.43. The van der Waals surface area contributed by atoms with E-state index in [-0.39, 0.29) is 17.0 Å². The summed E-state index contributed by atoms with van der Waals surface area (Å²) in [5.74, 6) is 0.705. The summed E-state index contributed by atoms with van der Waals surface area (Å²) < 4.78 is 0. The topological polar surface area (TPSA) is 78.1 Å². The second-order valence-electron chi connectivity index (χ2n) is 6.76. The average Bonchev–Trinajstić information content (AvgIpc) is 3.47. The van der Waals surface area contributed by atoms with Gasteiger partial charge in [-0.2, -0.15) is 0 Å². The van der Waals surface area contributed by atoms with Crippen LogP contribution in [0.5, 0.6) is 0 Å². The second-order valence-corrected chi connectivity index (χ2v) is 6.76. The van der Waals surface area contributed by atoms with Gasteiger partial charge < -0.3 is 15.2 Å². The number of anilines is 1. The van der Waals surface area contributed by atoms with E-state index in [0.29, 0.717) is 18.3 Å². The molecule has 1 saturated carbocycles. The van der Waals surface area contributed by atoms with Crippen LogP contribution >= 0.6 is 0 Å². The molecule has 4 rings (SSSR count). The number of aryl methyl sites for hydroxylation is 1. The van der Waals surface area contributed by atoms with Crippen LogP contribution in [0, 0.1) is 0 Å². The van der Waals surface area contributed by atoms with Crippen LogP contribution in [0.2, 0.25) is 0 Å². The van der Waals surface area contributed by atoms with E-state index in [1.54, 1.807) is 0 Å². The molecule has 1 aromatic carbocycles. The molecule has 0 bridgehead atoms. The Bertz CT molecular complexity index is 841. The molecule has 25 heavy (non-hydrogen) atoms.